The number of hydrogen-bond acceptors (Lipinski definition) is 3. The first-order valence-electron chi connectivity index (χ1n) is 5.64. The fourth-order valence-electron chi connectivity index (χ4n) is 1.90. The first-order valence-corrected chi connectivity index (χ1v) is 6.39. The molecule has 1 saturated heterocycles. The number of anilines is 1. The lowest BCUT2D eigenvalue weighted by molar-refractivity contribution is 0.00360. The zero-order chi connectivity index (χ0) is 13.3. The molecule has 1 aliphatic rings. The van der Waals surface area contributed by atoms with Gasteiger partial charge in [0.15, 0.2) is 0 Å². The molecule has 1 heterocycles. The van der Waals surface area contributed by atoms with Crippen LogP contribution in [0.1, 0.15) is 17.3 Å². The van der Waals surface area contributed by atoms with Gasteiger partial charge in [0.1, 0.15) is 0 Å². The van der Waals surface area contributed by atoms with E-state index in [1.165, 1.54) is 0 Å². The van der Waals surface area contributed by atoms with Crippen molar-refractivity contribution in [2.24, 2.45) is 0 Å². The number of carbonyl (C=O) groups excluding carboxylic acids is 1. The third-order valence-corrected chi connectivity index (χ3v) is 3.58. The summed E-state index contributed by atoms with van der Waals surface area (Å²) in [7, 11) is 0. The standard InChI is InChI=1S/C12H14Cl2N2O2/c1-7-6-18-3-2-16(7)12(17)8-4-9(13)11(15)10(14)5-8/h4-5,7H,2-3,6,15H2,1H3/t7-/m1/s1. The third-order valence-electron chi connectivity index (χ3n) is 2.95. The van der Waals surface area contributed by atoms with Gasteiger partial charge in [-0.1, -0.05) is 23.2 Å². The Kier molecular flexibility index (Phi) is 4.00. The second-order valence-electron chi connectivity index (χ2n) is 4.28. The van der Waals surface area contributed by atoms with E-state index in [1.54, 1.807) is 17.0 Å². The quantitative estimate of drug-likeness (QED) is 0.808. The summed E-state index contributed by atoms with van der Waals surface area (Å²) in [4.78, 5) is 14.1. The summed E-state index contributed by atoms with van der Waals surface area (Å²) >= 11 is 11.9. The van der Waals surface area contributed by atoms with Gasteiger partial charge in [-0.3, -0.25) is 4.79 Å². The molecule has 1 aromatic carbocycles. The van der Waals surface area contributed by atoms with E-state index in [2.05, 4.69) is 0 Å². The smallest absolute Gasteiger partial charge is 0.254 e. The van der Waals surface area contributed by atoms with Crippen molar-refractivity contribution in [3.8, 4) is 0 Å². The average molecular weight is 289 g/mol. The van der Waals surface area contributed by atoms with Crippen LogP contribution in [-0.2, 0) is 4.74 Å². The first kappa shape index (κ1) is 13.5. The highest BCUT2D eigenvalue weighted by Gasteiger charge is 2.25. The second kappa shape index (κ2) is 5.34. The van der Waals surface area contributed by atoms with Crippen LogP contribution in [0.4, 0.5) is 5.69 Å². The molecule has 98 valence electrons. The summed E-state index contributed by atoms with van der Waals surface area (Å²) in [6.07, 6.45) is 0. The van der Waals surface area contributed by atoms with Crippen molar-refractivity contribution >= 4 is 34.8 Å². The summed E-state index contributed by atoms with van der Waals surface area (Å²) in [5, 5.41) is 0.596. The highest BCUT2D eigenvalue weighted by atomic mass is 35.5. The molecule has 2 N–H and O–H groups in total. The number of nitrogens with two attached hydrogens (primary N) is 1. The van der Waals surface area contributed by atoms with Gasteiger partial charge in [-0.15, -0.1) is 0 Å². The number of ether oxygens (including phenoxy) is 1. The first-order chi connectivity index (χ1) is 8.50. The van der Waals surface area contributed by atoms with E-state index in [0.717, 1.165) is 0 Å². The lowest BCUT2D eigenvalue weighted by atomic mass is 10.1. The summed E-state index contributed by atoms with van der Waals surface area (Å²) in [6.45, 7) is 3.60. The van der Waals surface area contributed by atoms with E-state index in [0.29, 0.717) is 41.1 Å². The zero-order valence-electron chi connectivity index (χ0n) is 9.95. The number of nitrogens with zero attached hydrogens (tertiary/aromatic N) is 1. The van der Waals surface area contributed by atoms with Gasteiger partial charge in [0.2, 0.25) is 0 Å². The molecule has 1 fully saturated rings. The van der Waals surface area contributed by atoms with Crippen molar-refractivity contribution in [1.29, 1.82) is 0 Å². The molecule has 0 unspecified atom stereocenters. The lowest BCUT2D eigenvalue weighted by Gasteiger charge is -2.33. The molecule has 1 atom stereocenters. The van der Waals surface area contributed by atoms with Crippen LogP contribution in [0.3, 0.4) is 0 Å². The molecule has 1 aliphatic heterocycles. The maximum absolute atomic E-state index is 12.3. The predicted molar refractivity (Wildman–Crippen MR) is 72.2 cm³/mol. The number of halogens is 2. The molecule has 1 aromatic rings. The Hall–Kier alpha value is -0.970. The van der Waals surface area contributed by atoms with Crippen molar-refractivity contribution in [3.63, 3.8) is 0 Å². The van der Waals surface area contributed by atoms with E-state index >= 15 is 0 Å². The van der Waals surface area contributed by atoms with Crippen LogP contribution in [0.2, 0.25) is 10.0 Å². The van der Waals surface area contributed by atoms with Gasteiger partial charge in [-0.05, 0) is 19.1 Å². The van der Waals surface area contributed by atoms with Crippen LogP contribution in [-0.4, -0.2) is 36.6 Å². The Balaban J connectivity index is 2.28. The molecule has 0 radical (unpaired) electrons. The molecular weight excluding hydrogens is 275 g/mol. The summed E-state index contributed by atoms with van der Waals surface area (Å²) in [5.41, 5.74) is 6.40. The molecule has 4 nitrogen and oxygen atoms in total. The molecular formula is C12H14Cl2N2O2. The fraction of sp³-hybridized carbons (Fsp3) is 0.417. The molecule has 0 spiro atoms. The molecule has 1 amide bonds. The Morgan fingerprint density at radius 2 is 2.06 bits per heavy atom. The number of morpholine rings is 1. The van der Waals surface area contributed by atoms with Crippen LogP contribution in [0.15, 0.2) is 12.1 Å². The van der Waals surface area contributed by atoms with Gasteiger partial charge in [-0.25, -0.2) is 0 Å². The normalized spacial score (nSPS) is 19.9. The minimum Gasteiger partial charge on any atom is -0.396 e. The molecule has 2 rings (SSSR count). The van der Waals surface area contributed by atoms with Gasteiger partial charge in [0.05, 0.1) is 35.0 Å². The maximum atomic E-state index is 12.3. The van der Waals surface area contributed by atoms with Crippen LogP contribution in [0, 0.1) is 0 Å². The summed E-state index contributed by atoms with van der Waals surface area (Å²) in [5.74, 6) is -0.102. The number of hydrogen-bond donors (Lipinski definition) is 1. The fourth-order valence-corrected chi connectivity index (χ4v) is 2.39. The Morgan fingerprint density at radius 1 is 1.44 bits per heavy atom. The highest BCUT2D eigenvalue weighted by Crippen LogP contribution is 2.29. The van der Waals surface area contributed by atoms with E-state index in [9.17, 15) is 4.79 Å². The second-order valence-corrected chi connectivity index (χ2v) is 5.09. The van der Waals surface area contributed by atoms with Crippen LogP contribution in [0.25, 0.3) is 0 Å². The van der Waals surface area contributed by atoms with Crippen LogP contribution in [0.5, 0.6) is 0 Å². The van der Waals surface area contributed by atoms with E-state index in [4.69, 9.17) is 33.7 Å². The molecule has 0 bridgehead atoms. The number of rotatable bonds is 1. The number of nitrogen functional groups attached to an aromatic ring is 1. The van der Waals surface area contributed by atoms with Gasteiger partial charge < -0.3 is 15.4 Å². The highest BCUT2D eigenvalue weighted by molar-refractivity contribution is 6.39. The summed E-state index contributed by atoms with van der Waals surface area (Å²) < 4.78 is 5.30. The van der Waals surface area contributed by atoms with Gasteiger partial charge in [-0.2, -0.15) is 0 Å². The van der Waals surface area contributed by atoms with Crippen molar-refractivity contribution in [1.82, 2.24) is 4.90 Å². The summed E-state index contributed by atoms with van der Waals surface area (Å²) in [6, 6.07) is 3.14. The Morgan fingerprint density at radius 3 is 2.61 bits per heavy atom. The minimum atomic E-state index is -0.102. The van der Waals surface area contributed by atoms with Crippen LogP contribution < -0.4 is 5.73 Å². The van der Waals surface area contributed by atoms with E-state index in [-0.39, 0.29) is 11.9 Å². The van der Waals surface area contributed by atoms with E-state index in [1.807, 2.05) is 6.92 Å². The number of amides is 1. The molecule has 6 heteroatoms. The zero-order valence-corrected chi connectivity index (χ0v) is 11.5. The Bertz CT molecular complexity index is 456. The SMILES string of the molecule is C[C@@H]1COCCN1C(=O)c1cc(Cl)c(N)c(Cl)c1. The number of carbonyl (C=O) groups is 1. The van der Waals surface area contributed by atoms with Gasteiger partial charge >= 0.3 is 0 Å². The molecule has 0 aromatic heterocycles. The van der Waals surface area contributed by atoms with Crippen LogP contribution >= 0.6 is 23.2 Å². The predicted octanol–water partition coefficient (Wildman–Crippen LogP) is 2.44. The van der Waals surface area contributed by atoms with Crippen molar-refractivity contribution in [2.75, 3.05) is 25.5 Å². The van der Waals surface area contributed by atoms with Crippen molar-refractivity contribution in [2.45, 2.75) is 13.0 Å². The van der Waals surface area contributed by atoms with Crippen molar-refractivity contribution < 1.29 is 9.53 Å². The molecule has 0 saturated carbocycles. The topological polar surface area (TPSA) is 55.6 Å². The molecule has 0 aliphatic carbocycles. The lowest BCUT2D eigenvalue weighted by Crippen LogP contribution is -2.47. The number of benzene rings is 1. The molecule has 18 heavy (non-hydrogen) atoms. The monoisotopic (exact) mass is 288 g/mol. The van der Waals surface area contributed by atoms with Gasteiger partial charge in [0.25, 0.3) is 5.91 Å². The third kappa shape index (κ3) is 2.55. The maximum Gasteiger partial charge on any atom is 0.254 e. The Labute approximate surface area is 116 Å². The van der Waals surface area contributed by atoms with E-state index < -0.39 is 0 Å². The minimum absolute atomic E-state index is 0.0429. The largest absolute Gasteiger partial charge is 0.396 e. The van der Waals surface area contributed by atoms with Gasteiger partial charge in [0, 0.05) is 12.1 Å². The van der Waals surface area contributed by atoms with Crippen molar-refractivity contribution in [3.05, 3.63) is 27.7 Å². The average Bonchev–Trinajstić information content (AvgIpc) is 2.35.